The molecule has 1 aliphatic rings. The number of carbonyl (C=O) groups excluding carboxylic acids is 2. The third kappa shape index (κ3) is 4.75. The molecule has 0 unspecified atom stereocenters. The topological polar surface area (TPSA) is 126 Å². The SMILES string of the molecule is CC(C)[C@@H](C(=O)O)N1Cc2ccc(-c3ccc(NC(=O)c4cc(-c5ccc(F)cc5)no4)cn3)cc2C1=O. The first-order valence-electron chi connectivity index (χ1n) is 11.9. The first kappa shape index (κ1) is 24.8. The van der Waals surface area contributed by atoms with E-state index in [0.29, 0.717) is 33.8 Å². The Morgan fingerprint density at radius 2 is 1.76 bits per heavy atom. The number of carbonyl (C=O) groups is 3. The Balaban J connectivity index is 1.29. The van der Waals surface area contributed by atoms with Crippen LogP contribution >= 0.6 is 0 Å². The van der Waals surface area contributed by atoms with Crippen molar-refractivity contribution < 1.29 is 28.4 Å². The van der Waals surface area contributed by atoms with Crippen LogP contribution in [0.3, 0.4) is 0 Å². The summed E-state index contributed by atoms with van der Waals surface area (Å²) in [6.07, 6.45) is 1.48. The normalized spacial score (nSPS) is 13.5. The number of anilines is 1. The summed E-state index contributed by atoms with van der Waals surface area (Å²) in [5.41, 5.74) is 3.91. The lowest BCUT2D eigenvalue weighted by atomic mass is 10.0. The number of nitrogens with zero attached hydrogens (tertiary/aromatic N) is 3. The smallest absolute Gasteiger partial charge is 0.326 e. The van der Waals surface area contributed by atoms with Crippen molar-refractivity contribution >= 4 is 23.5 Å². The first-order chi connectivity index (χ1) is 18.2. The summed E-state index contributed by atoms with van der Waals surface area (Å²) in [7, 11) is 0. The van der Waals surface area contributed by atoms with E-state index in [4.69, 9.17) is 4.52 Å². The summed E-state index contributed by atoms with van der Waals surface area (Å²) >= 11 is 0. The molecule has 2 N–H and O–H groups in total. The number of amides is 2. The van der Waals surface area contributed by atoms with Crippen molar-refractivity contribution in [1.82, 2.24) is 15.0 Å². The van der Waals surface area contributed by atoms with Crippen LogP contribution in [0.5, 0.6) is 0 Å². The summed E-state index contributed by atoms with van der Waals surface area (Å²) in [5, 5.41) is 16.2. The predicted octanol–water partition coefficient (Wildman–Crippen LogP) is 4.86. The third-order valence-electron chi connectivity index (χ3n) is 6.35. The van der Waals surface area contributed by atoms with Crippen LogP contribution in [0.15, 0.2) is 71.4 Å². The Kier molecular flexibility index (Phi) is 6.46. The summed E-state index contributed by atoms with van der Waals surface area (Å²) in [5.74, 6) is -2.51. The lowest BCUT2D eigenvalue weighted by Gasteiger charge is -2.27. The number of aromatic nitrogens is 2. The summed E-state index contributed by atoms with van der Waals surface area (Å²) in [6, 6.07) is 14.9. The van der Waals surface area contributed by atoms with Gasteiger partial charge in [-0.3, -0.25) is 14.6 Å². The van der Waals surface area contributed by atoms with Crippen molar-refractivity contribution in [1.29, 1.82) is 0 Å². The van der Waals surface area contributed by atoms with Crippen LogP contribution in [0, 0.1) is 11.7 Å². The predicted molar refractivity (Wildman–Crippen MR) is 136 cm³/mol. The molecule has 0 bridgehead atoms. The van der Waals surface area contributed by atoms with Gasteiger partial charge in [0, 0.05) is 29.3 Å². The van der Waals surface area contributed by atoms with E-state index >= 15 is 0 Å². The zero-order valence-corrected chi connectivity index (χ0v) is 20.5. The van der Waals surface area contributed by atoms with E-state index in [1.165, 1.54) is 41.4 Å². The fourth-order valence-electron chi connectivity index (χ4n) is 4.46. The molecule has 2 amide bonds. The van der Waals surface area contributed by atoms with E-state index in [0.717, 1.165) is 5.56 Å². The van der Waals surface area contributed by atoms with Gasteiger partial charge in [0.1, 0.15) is 17.6 Å². The van der Waals surface area contributed by atoms with Crippen molar-refractivity contribution in [2.75, 3.05) is 5.32 Å². The number of benzene rings is 2. The highest BCUT2D eigenvalue weighted by molar-refractivity contribution is 6.03. The number of carboxylic acids is 1. The van der Waals surface area contributed by atoms with Crippen LogP contribution in [-0.2, 0) is 11.3 Å². The molecule has 0 spiro atoms. The van der Waals surface area contributed by atoms with Crippen LogP contribution < -0.4 is 5.32 Å². The minimum Gasteiger partial charge on any atom is -0.480 e. The molecule has 0 radical (unpaired) electrons. The quantitative estimate of drug-likeness (QED) is 0.361. The van der Waals surface area contributed by atoms with Crippen LogP contribution in [0.25, 0.3) is 22.5 Å². The second-order valence-corrected chi connectivity index (χ2v) is 9.30. The molecule has 9 nitrogen and oxygen atoms in total. The molecule has 4 aromatic rings. The molecule has 0 saturated carbocycles. The summed E-state index contributed by atoms with van der Waals surface area (Å²) in [6.45, 7) is 3.79. The standard InChI is InChI=1S/C28H23FN4O5/c1-15(2)25(28(36)37)33-14-18-4-3-17(11-21(18)27(33)35)22-10-9-20(13-30-22)31-26(34)24-12-23(32-38-24)16-5-7-19(29)8-6-16/h3-13,15,25H,14H2,1-2H3,(H,31,34)(H,36,37)/t25-/m0/s1. The monoisotopic (exact) mass is 514 g/mol. The highest BCUT2D eigenvalue weighted by atomic mass is 19.1. The number of carboxylic acid groups (broad SMARTS) is 1. The fourth-order valence-corrected chi connectivity index (χ4v) is 4.46. The summed E-state index contributed by atoms with van der Waals surface area (Å²) in [4.78, 5) is 43.1. The molecule has 2 aromatic heterocycles. The van der Waals surface area contributed by atoms with E-state index in [-0.39, 0.29) is 29.9 Å². The maximum atomic E-state index is 13.1. The zero-order chi connectivity index (χ0) is 27.0. The zero-order valence-electron chi connectivity index (χ0n) is 20.5. The molecule has 1 atom stereocenters. The van der Waals surface area contributed by atoms with Crippen molar-refractivity contribution in [2.24, 2.45) is 5.92 Å². The largest absolute Gasteiger partial charge is 0.480 e. The molecular weight excluding hydrogens is 491 g/mol. The van der Waals surface area contributed by atoms with Crippen molar-refractivity contribution in [2.45, 2.75) is 26.4 Å². The third-order valence-corrected chi connectivity index (χ3v) is 6.35. The van der Waals surface area contributed by atoms with E-state index in [9.17, 15) is 23.9 Å². The highest BCUT2D eigenvalue weighted by Gasteiger charge is 2.38. The number of halogens is 1. The van der Waals surface area contributed by atoms with E-state index < -0.39 is 17.9 Å². The number of hydrogen-bond donors (Lipinski definition) is 2. The van der Waals surface area contributed by atoms with Gasteiger partial charge in [0.15, 0.2) is 0 Å². The molecule has 0 saturated heterocycles. The summed E-state index contributed by atoms with van der Waals surface area (Å²) < 4.78 is 18.3. The molecule has 3 heterocycles. The van der Waals surface area contributed by atoms with Crippen LogP contribution in [-0.4, -0.2) is 44.0 Å². The van der Waals surface area contributed by atoms with Gasteiger partial charge in [-0.25, -0.2) is 9.18 Å². The van der Waals surface area contributed by atoms with Gasteiger partial charge in [-0.05, 0) is 53.9 Å². The van der Waals surface area contributed by atoms with Gasteiger partial charge in [0.2, 0.25) is 5.76 Å². The molecule has 10 heteroatoms. The minimum atomic E-state index is -1.03. The molecule has 0 fully saturated rings. The molecule has 1 aliphatic heterocycles. The molecule has 192 valence electrons. The van der Waals surface area contributed by atoms with Gasteiger partial charge in [-0.15, -0.1) is 0 Å². The van der Waals surface area contributed by atoms with Gasteiger partial charge in [-0.2, -0.15) is 0 Å². The average molecular weight is 515 g/mol. The molecule has 0 aliphatic carbocycles. The van der Waals surface area contributed by atoms with E-state index in [1.54, 1.807) is 32.0 Å². The van der Waals surface area contributed by atoms with Crippen LogP contribution in [0.4, 0.5) is 10.1 Å². The van der Waals surface area contributed by atoms with Crippen molar-refractivity contribution in [3.8, 4) is 22.5 Å². The first-order valence-corrected chi connectivity index (χ1v) is 11.9. The number of pyridine rings is 1. The second kappa shape index (κ2) is 9.89. The minimum absolute atomic E-state index is 0.0175. The number of fused-ring (bicyclic) bond motifs is 1. The highest BCUT2D eigenvalue weighted by Crippen LogP contribution is 2.31. The van der Waals surface area contributed by atoms with Gasteiger partial charge < -0.3 is 19.8 Å². The van der Waals surface area contributed by atoms with Gasteiger partial charge in [0.25, 0.3) is 11.8 Å². The lowest BCUT2D eigenvalue weighted by Crippen LogP contribution is -2.44. The maximum absolute atomic E-state index is 13.1. The Bertz CT molecular complexity index is 1530. The number of nitrogens with one attached hydrogen (secondary N) is 1. The number of rotatable bonds is 7. The number of aliphatic carboxylic acids is 1. The Labute approximate surface area is 216 Å². The fraction of sp³-hybridized carbons (Fsp3) is 0.179. The van der Waals surface area contributed by atoms with Crippen molar-refractivity contribution in [3.63, 3.8) is 0 Å². The molecule has 5 rings (SSSR count). The second-order valence-electron chi connectivity index (χ2n) is 9.30. The Morgan fingerprint density at radius 1 is 1.03 bits per heavy atom. The lowest BCUT2D eigenvalue weighted by molar-refractivity contribution is -0.144. The average Bonchev–Trinajstić information content (AvgIpc) is 3.50. The van der Waals surface area contributed by atoms with Gasteiger partial charge >= 0.3 is 5.97 Å². The van der Waals surface area contributed by atoms with Crippen molar-refractivity contribution in [3.05, 3.63) is 89.6 Å². The molecule has 38 heavy (non-hydrogen) atoms. The Hall–Kier alpha value is -4.86. The molecular formula is C28H23FN4O5. The Morgan fingerprint density at radius 3 is 2.42 bits per heavy atom. The number of hydrogen-bond acceptors (Lipinski definition) is 6. The van der Waals surface area contributed by atoms with Gasteiger partial charge in [-0.1, -0.05) is 31.1 Å². The molecule has 2 aromatic carbocycles. The van der Waals surface area contributed by atoms with E-state index in [1.807, 2.05) is 12.1 Å². The maximum Gasteiger partial charge on any atom is 0.326 e. The van der Waals surface area contributed by atoms with Gasteiger partial charge in [0.05, 0.1) is 17.6 Å². The van der Waals surface area contributed by atoms with E-state index in [2.05, 4.69) is 15.5 Å². The van der Waals surface area contributed by atoms with Crippen LogP contribution in [0.1, 0.15) is 40.3 Å². The van der Waals surface area contributed by atoms with Crippen LogP contribution in [0.2, 0.25) is 0 Å².